The van der Waals surface area contributed by atoms with E-state index < -0.39 is 0 Å². The number of anilines is 4. The Kier molecular flexibility index (Phi) is 6.69. The number of thiazole rings is 1. The average molecular weight is 431 g/mol. The van der Waals surface area contributed by atoms with Crippen LogP contribution in [0.5, 0.6) is 5.75 Å². The molecule has 0 saturated carbocycles. The van der Waals surface area contributed by atoms with Crippen LogP contribution in [0.3, 0.4) is 0 Å². The van der Waals surface area contributed by atoms with Gasteiger partial charge in [0.25, 0.3) is 0 Å². The molecule has 0 bridgehead atoms. The van der Waals surface area contributed by atoms with Crippen molar-refractivity contribution in [1.29, 1.82) is 0 Å². The Balaban J connectivity index is 1.65. The van der Waals surface area contributed by atoms with Gasteiger partial charge in [-0.1, -0.05) is 17.7 Å². The van der Waals surface area contributed by atoms with Gasteiger partial charge in [-0.05, 0) is 36.4 Å². The Labute approximate surface area is 177 Å². The molecule has 0 radical (unpaired) electrons. The Hall–Kier alpha value is -3.10. The molecule has 0 unspecified atom stereocenters. The predicted octanol–water partition coefficient (Wildman–Crippen LogP) is 4.69. The number of carbonyl (C=O) groups is 2. The minimum absolute atomic E-state index is 0.0985. The number of aromatic nitrogens is 1. The summed E-state index contributed by atoms with van der Waals surface area (Å²) in [6.45, 7) is 1.42. The summed E-state index contributed by atoms with van der Waals surface area (Å²) in [5.41, 5.74) is 2.49. The van der Waals surface area contributed by atoms with E-state index in [1.54, 1.807) is 30.3 Å². The zero-order valence-corrected chi connectivity index (χ0v) is 17.4. The van der Waals surface area contributed by atoms with Gasteiger partial charge in [0.05, 0.1) is 24.9 Å². The molecule has 0 aliphatic carbocycles. The van der Waals surface area contributed by atoms with Gasteiger partial charge in [0.15, 0.2) is 5.13 Å². The highest BCUT2D eigenvalue weighted by Gasteiger charge is 2.12. The van der Waals surface area contributed by atoms with Crippen molar-refractivity contribution in [2.75, 3.05) is 23.1 Å². The monoisotopic (exact) mass is 430 g/mol. The number of hydrogen-bond acceptors (Lipinski definition) is 6. The quantitative estimate of drug-likeness (QED) is 0.505. The maximum Gasteiger partial charge on any atom is 0.230 e. The maximum absolute atomic E-state index is 12.5. The SMILES string of the molecule is COc1ccc(NC(C)=O)cc1NC(=O)Cc1csc(Nc2cccc(Cl)c2)n1. The smallest absolute Gasteiger partial charge is 0.230 e. The lowest BCUT2D eigenvalue weighted by atomic mass is 10.2. The molecule has 0 aliphatic rings. The highest BCUT2D eigenvalue weighted by atomic mass is 35.5. The van der Waals surface area contributed by atoms with Gasteiger partial charge in [-0.2, -0.15) is 0 Å². The molecule has 0 saturated heterocycles. The first-order valence-electron chi connectivity index (χ1n) is 8.65. The van der Waals surface area contributed by atoms with E-state index in [0.717, 1.165) is 5.69 Å². The fourth-order valence-corrected chi connectivity index (χ4v) is 3.50. The van der Waals surface area contributed by atoms with Crippen LogP contribution in [0.2, 0.25) is 5.02 Å². The topological polar surface area (TPSA) is 92.4 Å². The number of halogens is 1. The molecule has 0 fully saturated rings. The van der Waals surface area contributed by atoms with Crippen LogP contribution in [0.25, 0.3) is 0 Å². The van der Waals surface area contributed by atoms with Gasteiger partial charge in [0.1, 0.15) is 5.75 Å². The molecule has 2 aromatic carbocycles. The zero-order chi connectivity index (χ0) is 20.8. The highest BCUT2D eigenvalue weighted by molar-refractivity contribution is 7.13. The molecule has 9 heteroatoms. The van der Waals surface area contributed by atoms with Crippen LogP contribution in [0.1, 0.15) is 12.6 Å². The lowest BCUT2D eigenvalue weighted by molar-refractivity contribution is -0.116. The van der Waals surface area contributed by atoms with Crippen LogP contribution in [-0.4, -0.2) is 23.9 Å². The number of nitrogens with one attached hydrogen (secondary N) is 3. The standard InChI is InChI=1S/C20H19ClN4O3S/c1-12(26)22-15-6-7-18(28-2)17(9-15)25-19(27)10-16-11-29-20(24-16)23-14-5-3-4-13(21)8-14/h3-9,11H,10H2,1-2H3,(H,22,26)(H,23,24)(H,25,27). The van der Waals surface area contributed by atoms with Crippen LogP contribution >= 0.6 is 22.9 Å². The van der Waals surface area contributed by atoms with Gasteiger partial charge >= 0.3 is 0 Å². The number of ether oxygens (including phenoxy) is 1. The predicted molar refractivity (Wildman–Crippen MR) is 116 cm³/mol. The first-order valence-corrected chi connectivity index (χ1v) is 9.91. The summed E-state index contributed by atoms with van der Waals surface area (Å²) in [5.74, 6) is 0.0478. The lowest BCUT2D eigenvalue weighted by Gasteiger charge is -2.12. The van der Waals surface area contributed by atoms with E-state index in [0.29, 0.717) is 33.0 Å². The van der Waals surface area contributed by atoms with Crippen LogP contribution in [-0.2, 0) is 16.0 Å². The largest absolute Gasteiger partial charge is 0.495 e. The Morgan fingerprint density at radius 2 is 1.97 bits per heavy atom. The van der Waals surface area contributed by atoms with Gasteiger partial charge in [0.2, 0.25) is 11.8 Å². The second-order valence-corrected chi connectivity index (χ2v) is 7.40. The van der Waals surface area contributed by atoms with E-state index in [2.05, 4.69) is 20.9 Å². The van der Waals surface area contributed by atoms with Gasteiger partial charge < -0.3 is 20.7 Å². The third-order valence-electron chi connectivity index (χ3n) is 3.76. The number of rotatable bonds is 7. The molecule has 3 aromatic rings. The number of benzene rings is 2. The van der Waals surface area contributed by atoms with E-state index >= 15 is 0 Å². The van der Waals surface area contributed by atoms with Gasteiger partial charge in [-0.15, -0.1) is 11.3 Å². The molecule has 3 N–H and O–H groups in total. The number of methoxy groups -OCH3 is 1. The molecule has 2 amide bonds. The number of carbonyl (C=O) groups excluding carboxylic acids is 2. The summed E-state index contributed by atoms with van der Waals surface area (Å²) >= 11 is 7.38. The summed E-state index contributed by atoms with van der Waals surface area (Å²) in [6, 6.07) is 12.3. The van der Waals surface area contributed by atoms with Crippen molar-refractivity contribution in [2.24, 2.45) is 0 Å². The van der Waals surface area contributed by atoms with Crippen molar-refractivity contribution in [3.63, 3.8) is 0 Å². The molecular formula is C20H19ClN4O3S. The van der Waals surface area contributed by atoms with E-state index in [1.165, 1.54) is 25.4 Å². The molecule has 1 aromatic heterocycles. The van der Waals surface area contributed by atoms with Crippen LogP contribution in [0.4, 0.5) is 22.2 Å². The molecule has 0 aliphatic heterocycles. The van der Waals surface area contributed by atoms with Crippen molar-refractivity contribution in [3.05, 3.63) is 58.6 Å². The molecular weight excluding hydrogens is 412 g/mol. The van der Waals surface area contributed by atoms with Gasteiger partial charge in [0, 0.05) is 28.7 Å². The first-order chi connectivity index (χ1) is 13.9. The highest BCUT2D eigenvalue weighted by Crippen LogP contribution is 2.28. The van der Waals surface area contributed by atoms with Crippen molar-refractivity contribution in [3.8, 4) is 5.75 Å². The van der Waals surface area contributed by atoms with Crippen molar-refractivity contribution in [1.82, 2.24) is 4.98 Å². The van der Waals surface area contributed by atoms with E-state index in [4.69, 9.17) is 16.3 Å². The fourth-order valence-electron chi connectivity index (χ4n) is 2.58. The minimum Gasteiger partial charge on any atom is -0.495 e. The Bertz CT molecular complexity index is 1040. The molecule has 0 spiro atoms. The summed E-state index contributed by atoms with van der Waals surface area (Å²) in [4.78, 5) is 28.1. The molecule has 29 heavy (non-hydrogen) atoms. The average Bonchev–Trinajstić information content (AvgIpc) is 3.08. The van der Waals surface area contributed by atoms with Crippen LogP contribution in [0, 0.1) is 0 Å². The first kappa shape index (κ1) is 20.6. The normalized spacial score (nSPS) is 10.3. The van der Waals surface area contributed by atoms with Crippen LogP contribution < -0.4 is 20.7 Å². The fraction of sp³-hybridized carbons (Fsp3) is 0.150. The zero-order valence-electron chi connectivity index (χ0n) is 15.8. The summed E-state index contributed by atoms with van der Waals surface area (Å²) < 4.78 is 5.27. The summed E-state index contributed by atoms with van der Waals surface area (Å²) in [6.07, 6.45) is 0.0985. The summed E-state index contributed by atoms with van der Waals surface area (Å²) in [5, 5.41) is 11.8. The van der Waals surface area contributed by atoms with Crippen LogP contribution in [0.15, 0.2) is 47.8 Å². The summed E-state index contributed by atoms with van der Waals surface area (Å²) in [7, 11) is 1.51. The second-order valence-electron chi connectivity index (χ2n) is 6.10. The number of nitrogens with zero attached hydrogens (tertiary/aromatic N) is 1. The minimum atomic E-state index is -0.247. The van der Waals surface area contributed by atoms with Crippen molar-refractivity contribution < 1.29 is 14.3 Å². The maximum atomic E-state index is 12.5. The van der Waals surface area contributed by atoms with E-state index in [9.17, 15) is 9.59 Å². The molecule has 150 valence electrons. The molecule has 7 nitrogen and oxygen atoms in total. The number of hydrogen-bond donors (Lipinski definition) is 3. The molecule has 3 rings (SSSR count). The number of amides is 2. The van der Waals surface area contributed by atoms with E-state index in [1.807, 2.05) is 17.5 Å². The second kappa shape index (κ2) is 9.40. The lowest BCUT2D eigenvalue weighted by Crippen LogP contribution is -2.16. The van der Waals surface area contributed by atoms with Gasteiger partial charge in [-0.3, -0.25) is 9.59 Å². The Morgan fingerprint density at radius 3 is 2.69 bits per heavy atom. The Morgan fingerprint density at radius 1 is 1.14 bits per heavy atom. The van der Waals surface area contributed by atoms with Crippen molar-refractivity contribution >= 4 is 56.9 Å². The van der Waals surface area contributed by atoms with Crippen molar-refractivity contribution in [2.45, 2.75) is 13.3 Å². The third-order valence-corrected chi connectivity index (χ3v) is 4.80. The van der Waals surface area contributed by atoms with E-state index in [-0.39, 0.29) is 18.2 Å². The molecule has 0 atom stereocenters. The third kappa shape index (κ3) is 5.94. The van der Waals surface area contributed by atoms with Gasteiger partial charge in [-0.25, -0.2) is 4.98 Å². The molecule has 1 heterocycles.